The standard InChI is InChI=1S/C13H22N2O3S/c1-5-14-10-11(2)19(16,17)15(3)12-8-6-7-9-13(12)18-4/h6-9,11,14H,5,10H2,1-4H3. The number of nitrogens with one attached hydrogen (secondary N) is 1. The molecule has 108 valence electrons. The van der Waals surface area contributed by atoms with E-state index in [0.717, 1.165) is 6.54 Å². The molecule has 5 nitrogen and oxygen atoms in total. The van der Waals surface area contributed by atoms with Gasteiger partial charge >= 0.3 is 0 Å². The lowest BCUT2D eigenvalue weighted by Gasteiger charge is -2.25. The first kappa shape index (κ1) is 15.8. The molecule has 1 aromatic carbocycles. The molecule has 19 heavy (non-hydrogen) atoms. The van der Waals surface area contributed by atoms with E-state index < -0.39 is 15.3 Å². The number of hydrogen-bond donors (Lipinski definition) is 1. The van der Waals surface area contributed by atoms with E-state index in [4.69, 9.17) is 4.74 Å². The van der Waals surface area contributed by atoms with E-state index in [2.05, 4.69) is 5.32 Å². The van der Waals surface area contributed by atoms with Crippen molar-refractivity contribution in [3.8, 4) is 5.75 Å². The fourth-order valence-electron chi connectivity index (χ4n) is 1.75. The highest BCUT2D eigenvalue weighted by molar-refractivity contribution is 7.93. The van der Waals surface area contributed by atoms with Gasteiger partial charge in [0, 0.05) is 13.6 Å². The number of rotatable bonds is 7. The molecule has 0 amide bonds. The van der Waals surface area contributed by atoms with Gasteiger partial charge in [0.05, 0.1) is 18.0 Å². The Balaban J connectivity index is 3.00. The Kier molecular flexibility index (Phi) is 5.62. The van der Waals surface area contributed by atoms with Crippen molar-refractivity contribution >= 4 is 15.7 Å². The second-order valence-electron chi connectivity index (χ2n) is 4.30. The van der Waals surface area contributed by atoms with E-state index in [9.17, 15) is 8.42 Å². The summed E-state index contributed by atoms with van der Waals surface area (Å²) in [6.45, 7) is 4.82. The molecular weight excluding hydrogens is 264 g/mol. The van der Waals surface area contributed by atoms with Gasteiger partial charge in [0.25, 0.3) is 0 Å². The molecule has 0 bridgehead atoms. The normalized spacial score (nSPS) is 13.1. The smallest absolute Gasteiger partial charge is 0.238 e. The Morgan fingerprint density at radius 1 is 1.37 bits per heavy atom. The zero-order valence-corrected chi connectivity index (χ0v) is 12.7. The van der Waals surface area contributed by atoms with Gasteiger partial charge in [-0.05, 0) is 25.6 Å². The maximum absolute atomic E-state index is 12.4. The third kappa shape index (κ3) is 3.61. The van der Waals surface area contributed by atoms with Gasteiger partial charge < -0.3 is 10.1 Å². The number of methoxy groups -OCH3 is 1. The minimum atomic E-state index is -3.41. The van der Waals surface area contributed by atoms with Crippen LogP contribution in [-0.4, -0.2) is 40.9 Å². The van der Waals surface area contributed by atoms with Crippen molar-refractivity contribution in [2.75, 3.05) is 31.6 Å². The number of benzene rings is 1. The van der Waals surface area contributed by atoms with Gasteiger partial charge in [-0.1, -0.05) is 19.1 Å². The summed E-state index contributed by atoms with van der Waals surface area (Å²) in [5.74, 6) is 0.546. The van der Waals surface area contributed by atoms with Crippen molar-refractivity contribution in [2.24, 2.45) is 0 Å². The van der Waals surface area contributed by atoms with E-state index in [1.807, 2.05) is 13.0 Å². The molecule has 0 aliphatic carbocycles. The van der Waals surface area contributed by atoms with Crippen LogP contribution in [0.3, 0.4) is 0 Å². The number of ether oxygens (including phenoxy) is 1. The van der Waals surface area contributed by atoms with E-state index in [1.54, 1.807) is 32.2 Å². The summed E-state index contributed by atoms with van der Waals surface area (Å²) in [5.41, 5.74) is 0.549. The molecule has 0 aliphatic heterocycles. The van der Waals surface area contributed by atoms with E-state index in [-0.39, 0.29) is 0 Å². The molecule has 1 unspecified atom stereocenters. The second-order valence-corrected chi connectivity index (χ2v) is 6.68. The predicted molar refractivity (Wildman–Crippen MR) is 78.3 cm³/mol. The highest BCUT2D eigenvalue weighted by Gasteiger charge is 2.27. The summed E-state index contributed by atoms with van der Waals surface area (Å²) >= 11 is 0. The van der Waals surface area contributed by atoms with Gasteiger partial charge in [-0.25, -0.2) is 8.42 Å². The average molecular weight is 286 g/mol. The van der Waals surface area contributed by atoms with Crippen molar-refractivity contribution in [1.82, 2.24) is 5.32 Å². The molecule has 0 spiro atoms. The monoisotopic (exact) mass is 286 g/mol. The Labute approximate surface area is 115 Å². The minimum absolute atomic E-state index is 0.429. The Bertz CT molecular complexity index is 502. The van der Waals surface area contributed by atoms with Crippen LogP contribution in [0.25, 0.3) is 0 Å². The van der Waals surface area contributed by atoms with Crippen LogP contribution >= 0.6 is 0 Å². The molecule has 0 saturated carbocycles. The van der Waals surface area contributed by atoms with Crippen LogP contribution in [0.4, 0.5) is 5.69 Å². The summed E-state index contributed by atoms with van der Waals surface area (Å²) in [5, 5.41) is 2.55. The average Bonchev–Trinajstić information content (AvgIpc) is 2.43. The molecule has 0 saturated heterocycles. The summed E-state index contributed by atoms with van der Waals surface area (Å²) in [6.07, 6.45) is 0. The molecule has 1 atom stereocenters. The zero-order chi connectivity index (χ0) is 14.5. The SMILES string of the molecule is CCNCC(C)S(=O)(=O)N(C)c1ccccc1OC. The molecule has 0 radical (unpaired) electrons. The second kappa shape index (κ2) is 6.77. The van der Waals surface area contributed by atoms with Crippen LogP contribution in [0, 0.1) is 0 Å². The quantitative estimate of drug-likeness (QED) is 0.824. The number of para-hydroxylation sites is 2. The van der Waals surface area contributed by atoms with Gasteiger partial charge in [0.15, 0.2) is 0 Å². The van der Waals surface area contributed by atoms with Crippen LogP contribution in [0.5, 0.6) is 5.75 Å². The lowest BCUT2D eigenvalue weighted by molar-refractivity contribution is 0.415. The lowest BCUT2D eigenvalue weighted by Crippen LogP contribution is -2.40. The highest BCUT2D eigenvalue weighted by Crippen LogP contribution is 2.29. The first-order valence-corrected chi connectivity index (χ1v) is 7.77. The predicted octanol–water partition coefficient (Wildman–Crippen LogP) is 1.46. The van der Waals surface area contributed by atoms with E-state index >= 15 is 0 Å². The van der Waals surface area contributed by atoms with E-state index in [1.165, 1.54) is 11.4 Å². The molecule has 1 aromatic rings. The third-order valence-corrected chi connectivity index (χ3v) is 5.14. The number of nitrogens with zero attached hydrogens (tertiary/aromatic N) is 1. The minimum Gasteiger partial charge on any atom is -0.495 e. The number of hydrogen-bond acceptors (Lipinski definition) is 4. The van der Waals surface area contributed by atoms with Crippen LogP contribution in [-0.2, 0) is 10.0 Å². The molecule has 0 heterocycles. The third-order valence-electron chi connectivity index (χ3n) is 3.00. The molecule has 1 rings (SSSR count). The Morgan fingerprint density at radius 3 is 2.58 bits per heavy atom. The molecule has 0 aliphatic rings. The summed E-state index contributed by atoms with van der Waals surface area (Å²) < 4.78 is 31.4. The number of sulfonamides is 1. The largest absolute Gasteiger partial charge is 0.495 e. The van der Waals surface area contributed by atoms with Crippen LogP contribution in [0.2, 0.25) is 0 Å². The molecule has 6 heteroatoms. The summed E-state index contributed by atoms with van der Waals surface area (Å²) in [4.78, 5) is 0. The van der Waals surface area contributed by atoms with Gasteiger partial charge in [-0.2, -0.15) is 0 Å². The first-order valence-electron chi connectivity index (χ1n) is 6.26. The topological polar surface area (TPSA) is 58.6 Å². The maximum atomic E-state index is 12.4. The highest BCUT2D eigenvalue weighted by atomic mass is 32.2. The molecule has 0 aromatic heterocycles. The fraction of sp³-hybridized carbons (Fsp3) is 0.538. The van der Waals surface area contributed by atoms with Crippen LogP contribution < -0.4 is 14.4 Å². The van der Waals surface area contributed by atoms with Crippen molar-refractivity contribution in [3.63, 3.8) is 0 Å². The maximum Gasteiger partial charge on any atom is 0.238 e. The lowest BCUT2D eigenvalue weighted by atomic mass is 10.3. The van der Waals surface area contributed by atoms with Gasteiger partial charge in [0.2, 0.25) is 10.0 Å². The fourth-order valence-corrected chi connectivity index (χ4v) is 3.04. The Morgan fingerprint density at radius 2 is 2.00 bits per heavy atom. The van der Waals surface area contributed by atoms with Crippen molar-refractivity contribution in [2.45, 2.75) is 19.1 Å². The first-order chi connectivity index (χ1) is 8.95. The van der Waals surface area contributed by atoms with Gasteiger partial charge in [0.1, 0.15) is 5.75 Å². The van der Waals surface area contributed by atoms with E-state index in [0.29, 0.717) is 18.0 Å². The summed E-state index contributed by atoms with van der Waals surface area (Å²) in [6, 6.07) is 7.08. The van der Waals surface area contributed by atoms with Crippen molar-refractivity contribution in [3.05, 3.63) is 24.3 Å². The molecule has 0 fully saturated rings. The zero-order valence-electron chi connectivity index (χ0n) is 11.9. The van der Waals surface area contributed by atoms with Gasteiger partial charge in [-0.15, -0.1) is 0 Å². The van der Waals surface area contributed by atoms with Crippen LogP contribution in [0.1, 0.15) is 13.8 Å². The number of anilines is 1. The summed E-state index contributed by atoms with van der Waals surface area (Å²) in [7, 11) is -0.326. The molecule has 1 N–H and O–H groups in total. The van der Waals surface area contributed by atoms with Crippen molar-refractivity contribution in [1.29, 1.82) is 0 Å². The van der Waals surface area contributed by atoms with Crippen LogP contribution in [0.15, 0.2) is 24.3 Å². The molecular formula is C13H22N2O3S. The van der Waals surface area contributed by atoms with Crippen molar-refractivity contribution < 1.29 is 13.2 Å². The Hall–Kier alpha value is -1.27. The van der Waals surface area contributed by atoms with Gasteiger partial charge in [-0.3, -0.25) is 4.31 Å².